The van der Waals surface area contributed by atoms with Crippen LogP contribution in [0.2, 0.25) is 0 Å². The molecule has 114 valence electrons. The summed E-state index contributed by atoms with van der Waals surface area (Å²) in [6, 6.07) is 6.45. The first-order valence-corrected chi connectivity index (χ1v) is 7.87. The monoisotopic (exact) mass is 351 g/mol. The van der Waals surface area contributed by atoms with Gasteiger partial charge in [-0.3, -0.25) is 0 Å². The molecule has 0 atom stereocenters. The van der Waals surface area contributed by atoms with Crippen LogP contribution < -0.4 is 10.1 Å². The van der Waals surface area contributed by atoms with Gasteiger partial charge in [0, 0.05) is 24.1 Å². The van der Waals surface area contributed by atoms with E-state index in [1.165, 1.54) is 0 Å². The highest BCUT2D eigenvalue weighted by Gasteiger charge is 2.16. The Morgan fingerprint density at radius 3 is 2.71 bits per heavy atom. The molecule has 4 nitrogen and oxygen atoms in total. The zero-order valence-electron chi connectivity index (χ0n) is 13.2. The van der Waals surface area contributed by atoms with Crippen LogP contribution >= 0.6 is 15.9 Å². The first kappa shape index (κ1) is 16.0. The fourth-order valence-electron chi connectivity index (χ4n) is 2.11. The smallest absolute Gasteiger partial charge is 0.222 e. The van der Waals surface area contributed by atoms with Crippen LogP contribution in [0.1, 0.15) is 30.7 Å². The summed E-state index contributed by atoms with van der Waals surface area (Å²) in [5.74, 6) is 1.64. The number of aryl methyl sites for hydroxylation is 3. The fourth-order valence-corrected chi connectivity index (χ4v) is 2.45. The van der Waals surface area contributed by atoms with Gasteiger partial charge >= 0.3 is 0 Å². The first-order chi connectivity index (χ1) is 9.88. The zero-order valence-corrected chi connectivity index (χ0v) is 14.8. The number of nitrogens with zero attached hydrogens (tertiary/aromatic N) is 2. The number of nitrogens with one attached hydrogen (secondary N) is 1. The predicted octanol–water partition coefficient (Wildman–Crippen LogP) is 4.09. The molecule has 0 bridgehead atoms. The van der Waals surface area contributed by atoms with Crippen molar-refractivity contribution in [1.29, 1.82) is 0 Å². The Balaban J connectivity index is 2.32. The molecule has 0 radical (unpaired) electrons. The second-order valence-corrected chi connectivity index (χ2v) is 6.46. The van der Waals surface area contributed by atoms with Crippen molar-refractivity contribution in [2.75, 3.05) is 0 Å². The molecule has 0 aliphatic rings. The second-order valence-electron chi connectivity index (χ2n) is 5.54. The van der Waals surface area contributed by atoms with Gasteiger partial charge in [0.2, 0.25) is 5.88 Å². The number of hydrogen-bond acceptors (Lipinski definition) is 3. The van der Waals surface area contributed by atoms with E-state index >= 15 is 0 Å². The molecule has 0 spiro atoms. The SMILES string of the molecule is Cc1ccc(Br)cc1Oc1c(CNC(C)C)c(C)nn1C. The molecule has 1 heterocycles. The van der Waals surface area contributed by atoms with Crippen molar-refractivity contribution in [2.45, 2.75) is 40.3 Å². The molecule has 1 N–H and O–H groups in total. The average molecular weight is 352 g/mol. The van der Waals surface area contributed by atoms with E-state index in [-0.39, 0.29) is 0 Å². The van der Waals surface area contributed by atoms with Gasteiger partial charge in [-0.25, -0.2) is 4.68 Å². The molecule has 1 aromatic heterocycles. The molecule has 0 unspecified atom stereocenters. The number of benzene rings is 1. The maximum atomic E-state index is 6.14. The lowest BCUT2D eigenvalue weighted by Crippen LogP contribution is -2.22. The Hall–Kier alpha value is -1.33. The maximum absolute atomic E-state index is 6.14. The topological polar surface area (TPSA) is 39.1 Å². The second kappa shape index (κ2) is 6.62. The van der Waals surface area contributed by atoms with E-state index in [1.807, 2.05) is 39.1 Å². The van der Waals surface area contributed by atoms with Crippen molar-refractivity contribution in [3.63, 3.8) is 0 Å². The van der Waals surface area contributed by atoms with Gasteiger partial charge in [-0.1, -0.05) is 35.8 Å². The number of hydrogen-bond donors (Lipinski definition) is 1. The van der Waals surface area contributed by atoms with Crippen LogP contribution in [0.4, 0.5) is 0 Å². The first-order valence-electron chi connectivity index (χ1n) is 7.08. The largest absolute Gasteiger partial charge is 0.439 e. The minimum absolute atomic E-state index is 0.421. The highest BCUT2D eigenvalue weighted by Crippen LogP contribution is 2.31. The van der Waals surface area contributed by atoms with Crippen molar-refractivity contribution in [2.24, 2.45) is 7.05 Å². The average Bonchev–Trinajstić information content (AvgIpc) is 2.66. The van der Waals surface area contributed by atoms with Gasteiger partial charge in [-0.05, 0) is 31.5 Å². The highest BCUT2D eigenvalue weighted by atomic mass is 79.9. The number of ether oxygens (including phenoxy) is 1. The van der Waals surface area contributed by atoms with Gasteiger partial charge in [0.1, 0.15) is 5.75 Å². The number of aromatic nitrogens is 2. The summed E-state index contributed by atoms with van der Waals surface area (Å²) in [6.07, 6.45) is 0. The van der Waals surface area contributed by atoms with Crippen molar-refractivity contribution >= 4 is 15.9 Å². The van der Waals surface area contributed by atoms with E-state index in [9.17, 15) is 0 Å². The fraction of sp³-hybridized carbons (Fsp3) is 0.438. The van der Waals surface area contributed by atoms with Crippen LogP contribution in [-0.4, -0.2) is 15.8 Å². The molecule has 0 fully saturated rings. The summed E-state index contributed by atoms with van der Waals surface area (Å²) >= 11 is 3.49. The zero-order chi connectivity index (χ0) is 15.6. The van der Waals surface area contributed by atoms with E-state index in [0.717, 1.165) is 39.5 Å². The summed E-state index contributed by atoms with van der Waals surface area (Å²) in [6.45, 7) is 9.06. The predicted molar refractivity (Wildman–Crippen MR) is 88.9 cm³/mol. The van der Waals surface area contributed by atoms with E-state index in [4.69, 9.17) is 4.74 Å². The van der Waals surface area contributed by atoms with Crippen LogP contribution in [0.15, 0.2) is 22.7 Å². The van der Waals surface area contributed by atoms with Crippen molar-refractivity contribution in [3.8, 4) is 11.6 Å². The highest BCUT2D eigenvalue weighted by molar-refractivity contribution is 9.10. The van der Waals surface area contributed by atoms with Gasteiger partial charge < -0.3 is 10.1 Å². The van der Waals surface area contributed by atoms with E-state index in [0.29, 0.717) is 6.04 Å². The molecule has 0 aliphatic carbocycles. The van der Waals surface area contributed by atoms with Crippen LogP contribution in [-0.2, 0) is 13.6 Å². The summed E-state index contributed by atoms with van der Waals surface area (Å²) in [7, 11) is 1.91. The lowest BCUT2D eigenvalue weighted by molar-refractivity contribution is 0.419. The number of rotatable bonds is 5. The summed E-state index contributed by atoms with van der Waals surface area (Å²) < 4.78 is 8.94. The van der Waals surface area contributed by atoms with Crippen molar-refractivity contribution < 1.29 is 4.74 Å². The third-order valence-electron chi connectivity index (χ3n) is 3.33. The van der Waals surface area contributed by atoms with Crippen LogP contribution in [0.5, 0.6) is 11.6 Å². The van der Waals surface area contributed by atoms with Crippen LogP contribution in [0, 0.1) is 13.8 Å². The van der Waals surface area contributed by atoms with E-state index in [2.05, 4.69) is 40.2 Å². The summed E-state index contributed by atoms with van der Waals surface area (Å²) in [5.41, 5.74) is 3.19. The Bertz CT molecular complexity index is 635. The van der Waals surface area contributed by atoms with Gasteiger partial charge in [0.25, 0.3) is 0 Å². The third-order valence-corrected chi connectivity index (χ3v) is 3.83. The molecule has 1 aromatic carbocycles. The lowest BCUT2D eigenvalue weighted by Gasteiger charge is -2.13. The Morgan fingerprint density at radius 1 is 1.33 bits per heavy atom. The number of halogens is 1. The van der Waals surface area contributed by atoms with E-state index < -0.39 is 0 Å². The van der Waals surface area contributed by atoms with Crippen molar-refractivity contribution in [1.82, 2.24) is 15.1 Å². The van der Waals surface area contributed by atoms with Crippen LogP contribution in [0.3, 0.4) is 0 Å². The maximum Gasteiger partial charge on any atom is 0.222 e. The molecule has 0 amide bonds. The molecular weight excluding hydrogens is 330 g/mol. The lowest BCUT2D eigenvalue weighted by atomic mass is 10.2. The van der Waals surface area contributed by atoms with Gasteiger partial charge in [-0.2, -0.15) is 5.10 Å². The minimum atomic E-state index is 0.421. The van der Waals surface area contributed by atoms with E-state index in [1.54, 1.807) is 4.68 Å². The summed E-state index contributed by atoms with van der Waals surface area (Å²) in [5, 5.41) is 7.90. The molecule has 2 aromatic rings. The van der Waals surface area contributed by atoms with Gasteiger partial charge in [-0.15, -0.1) is 0 Å². The summed E-state index contributed by atoms with van der Waals surface area (Å²) in [4.78, 5) is 0. The van der Waals surface area contributed by atoms with Crippen LogP contribution in [0.25, 0.3) is 0 Å². The molecule has 0 aliphatic heterocycles. The normalized spacial score (nSPS) is 11.2. The quantitative estimate of drug-likeness (QED) is 0.881. The standard InChI is InChI=1S/C16H22BrN3O/c1-10(2)18-9-14-12(4)19-20(5)16(14)21-15-8-13(17)7-6-11(15)3/h6-8,10,18H,9H2,1-5H3. The molecule has 5 heteroatoms. The Labute approximate surface area is 134 Å². The van der Waals surface area contributed by atoms with Crippen molar-refractivity contribution in [3.05, 3.63) is 39.5 Å². The minimum Gasteiger partial charge on any atom is -0.439 e. The molecule has 0 saturated carbocycles. The Kier molecular flexibility index (Phi) is 5.06. The molecule has 0 saturated heterocycles. The molecule has 2 rings (SSSR count). The van der Waals surface area contributed by atoms with Gasteiger partial charge in [0.05, 0.1) is 11.3 Å². The molecule has 21 heavy (non-hydrogen) atoms. The Morgan fingerprint density at radius 2 is 2.05 bits per heavy atom. The van der Waals surface area contributed by atoms with Gasteiger partial charge in [0.15, 0.2) is 0 Å². The molecular formula is C16H22BrN3O. The third kappa shape index (κ3) is 3.86.